The van der Waals surface area contributed by atoms with Crippen molar-refractivity contribution in [2.45, 2.75) is 13.8 Å². The van der Waals surface area contributed by atoms with Crippen molar-refractivity contribution in [2.24, 2.45) is 0 Å². The Labute approximate surface area is 93.0 Å². The lowest BCUT2D eigenvalue weighted by Crippen LogP contribution is -2.04. The summed E-state index contributed by atoms with van der Waals surface area (Å²) in [6.45, 7) is 4.00. The van der Waals surface area contributed by atoms with Gasteiger partial charge >= 0.3 is 5.97 Å². The topological polar surface area (TPSA) is 39.2 Å². The first-order valence-corrected chi connectivity index (χ1v) is 4.81. The molecule has 0 N–H and O–H groups in total. The number of rotatable bonds is 1. The van der Waals surface area contributed by atoms with E-state index in [9.17, 15) is 4.79 Å². The van der Waals surface area contributed by atoms with Crippen molar-refractivity contribution in [3.8, 4) is 0 Å². The Morgan fingerprint density at radius 3 is 2.43 bits per heavy atom. The molecule has 3 nitrogen and oxygen atoms in total. The Kier molecular flexibility index (Phi) is 6.25. The number of ether oxygens (including phenoxy) is 1. The van der Waals surface area contributed by atoms with E-state index in [2.05, 4.69) is 9.72 Å². The number of pyridine rings is 1. The van der Waals surface area contributed by atoms with Gasteiger partial charge in [0.2, 0.25) is 0 Å². The van der Waals surface area contributed by atoms with Gasteiger partial charge in [0.1, 0.15) is 5.15 Å². The van der Waals surface area contributed by atoms with Crippen LogP contribution in [0.25, 0.3) is 0 Å². The fourth-order valence-corrected chi connectivity index (χ4v) is 0.988. The van der Waals surface area contributed by atoms with Gasteiger partial charge in [-0.25, -0.2) is 9.78 Å². The van der Waals surface area contributed by atoms with Gasteiger partial charge in [0.05, 0.1) is 12.1 Å². The highest BCUT2D eigenvalue weighted by Gasteiger charge is 2.12. The number of nitrogens with zero attached hydrogens (tertiary/aromatic N) is 1. The number of esters is 1. The summed E-state index contributed by atoms with van der Waals surface area (Å²) in [5.74, 6) is -0.595. The molecule has 0 unspecified atom stereocenters. The van der Waals surface area contributed by atoms with Gasteiger partial charge in [0.15, 0.2) is 5.69 Å². The molecule has 1 rings (SSSR count). The zero-order valence-electron chi connectivity index (χ0n) is 8.17. The molecule has 5 heteroatoms. The molecule has 1 heterocycles. The number of carbonyl (C=O) groups is 1. The predicted octanol–water partition coefficient (Wildman–Crippen LogP) is 3.20. The first-order valence-electron chi connectivity index (χ1n) is 4.05. The van der Waals surface area contributed by atoms with E-state index < -0.39 is 5.97 Å². The minimum Gasteiger partial charge on any atom is -0.464 e. The fraction of sp³-hybridized carbons (Fsp3) is 0.333. The van der Waals surface area contributed by atoms with Crippen molar-refractivity contribution < 1.29 is 9.53 Å². The maximum Gasteiger partial charge on any atom is 0.358 e. The Hall–Kier alpha value is -0.800. The van der Waals surface area contributed by atoms with Crippen LogP contribution < -0.4 is 0 Å². The van der Waals surface area contributed by atoms with Gasteiger partial charge in [-0.15, -0.1) is 0 Å². The van der Waals surface area contributed by atoms with Crippen LogP contribution in [0.4, 0.5) is 0 Å². The van der Waals surface area contributed by atoms with Crippen LogP contribution in [-0.4, -0.2) is 18.1 Å². The standard InChI is InChI=1S/C7H5Cl2NO2.C2H6/c1-12-7(11)6-4(8)2-3-5(9)10-6;1-2/h2-3H,1H3;1-2H3. The van der Waals surface area contributed by atoms with E-state index >= 15 is 0 Å². The first-order chi connectivity index (χ1) is 6.65. The summed E-state index contributed by atoms with van der Waals surface area (Å²) in [7, 11) is 1.25. The summed E-state index contributed by atoms with van der Waals surface area (Å²) in [6, 6.07) is 2.99. The van der Waals surface area contributed by atoms with Crippen molar-refractivity contribution >= 4 is 29.2 Å². The number of aromatic nitrogens is 1. The third-order valence-electron chi connectivity index (χ3n) is 1.19. The minimum atomic E-state index is -0.595. The van der Waals surface area contributed by atoms with Crippen LogP contribution in [0.15, 0.2) is 12.1 Å². The largest absolute Gasteiger partial charge is 0.464 e. The van der Waals surface area contributed by atoms with Crippen molar-refractivity contribution in [1.82, 2.24) is 4.98 Å². The highest BCUT2D eigenvalue weighted by atomic mass is 35.5. The van der Waals surface area contributed by atoms with Crippen LogP contribution in [0.3, 0.4) is 0 Å². The Balaban J connectivity index is 0.000000791. The summed E-state index contributed by atoms with van der Waals surface area (Å²) >= 11 is 11.2. The van der Waals surface area contributed by atoms with Crippen molar-refractivity contribution in [3.63, 3.8) is 0 Å². The lowest BCUT2D eigenvalue weighted by atomic mass is 10.3. The van der Waals surface area contributed by atoms with Crippen LogP contribution in [0.1, 0.15) is 24.3 Å². The Morgan fingerprint density at radius 1 is 1.36 bits per heavy atom. The molecule has 14 heavy (non-hydrogen) atoms. The second-order valence-electron chi connectivity index (χ2n) is 1.96. The second kappa shape index (κ2) is 6.62. The molecule has 0 amide bonds. The molecule has 0 saturated carbocycles. The molecule has 0 aliphatic carbocycles. The molecule has 78 valence electrons. The van der Waals surface area contributed by atoms with Gasteiger partial charge in [-0.05, 0) is 12.1 Å². The van der Waals surface area contributed by atoms with Gasteiger partial charge in [0.25, 0.3) is 0 Å². The zero-order chi connectivity index (χ0) is 11.1. The zero-order valence-corrected chi connectivity index (χ0v) is 9.69. The van der Waals surface area contributed by atoms with Gasteiger partial charge in [-0.2, -0.15) is 0 Å². The third-order valence-corrected chi connectivity index (χ3v) is 1.71. The van der Waals surface area contributed by atoms with E-state index in [0.29, 0.717) is 0 Å². The van der Waals surface area contributed by atoms with Crippen LogP contribution in [-0.2, 0) is 4.74 Å². The molecule has 0 aromatic carbocycles. The van der Waals surface area contributed by atoms with E-state index in [-0.39, 0.29) is 15.9 Å². The summed E-state index contributed by atoms with van der Waals surface area (Å²) in [5.41, 5.74) is 0.0340. The summed E-state index contributed by atoms with van der Waals surface area (Å²) in [5, 5.41) is 0.436. The van der Waals surface area contributed by atoms with Crippen molar-refractivity contribution in [1.29, 1.82) is 0 Å². The average molecular weight is 236 g/mol. The molecule has 0 atom stereocenters. The van der Waals surface area contributed by atoms with Crippen molar-refractivity contribution in [3.05, 3.63) is 28.0 Å². The molecule has 0 aliphatic heterocycles. The first kappa shape index (κ1) is 13.2. The van der Waals surface area contributed by atoms with E-state index in [1.807, 2.05) is 13.8 Å². The molecule has 0 saturated heterocycles. The second-order valence-corrected chi connectivity index (χ2v) is 2.75. The van der Waals surface area contributed by atoms with Crippen LogP contribution in [0, 0.1) is 0 Å². The van der Waals surface area contributed by atoms with E-state index in [4.69, 9.17) is 23.2 Å². The van der Waals surface area contributed by atoms with Crippen LogP contribution >= 0.6 is 23.2 Å². The van der Waals surface area contributed by atoms with E-state index in [1.165, 1.54) is 19.2 Å². The molecule has 0 spiro atoms. The number of halogens is 2. The summed E-state index contributed by atoms with van der Waals surface area (Å²) in [4.78, 5) is 14.7. The number of hydrogen-bond donors (Lipinski definition) is 0. The molecule has 0 radical (unpaired) electrons. The predicted molar refractivity (Wildman–Crippen MR) is 56.9 cm³/mol. The van der Waals surface area contributed by atoms with E-state index in [0.717, 1.165) is 0 Å². The highest BCUT2D eigenvalue weighted by molar-refractivity contribution is 6.34. The fourth-order valence-electron chi connectivity index (χ4n) is 0.658. The maximum absolute atomic E-state index is 11.0. The number of hydrogen-bond acceptors (Lipinski definition) is 3. The molecule has 0 bridgehead atoms. The maximum atomic E-state index is 11.0. The van der Waals surface area contributed by atoms with E-state index in [1.54, 1.807) is 0 Å². The third kappa shape index (κ3) is 3.52. The van der Waals surface area contributed by atoms with Gasteiger partial charge in [-0.1, -0.05) is 37.0 Å². The van der Waals surface area contributed by atoms with Crippen molar-refractivity contribution in [2.75, 3.05) is 7.11 Å². The molecule has 1 aromatic heterocycles. The van der Waals surface area contributed by atoms with Crippen LogP contribution in [0.2, 0.25) is 10.2 Å². The van der Waals surface area contributed by atoms with Gasteiger partial charge in [-0.3, -0.25) is 0 Å². The molecule has 1 aromatic rings. The average Bonchev–Trinajstić information content (AvgIpc) is 2.23. The van der Waals surface area contributed by atoms with Gasteiger partial charge in [0, 0.05) is 0 Å². The summed E-state index contributed by atoms with van der Waals surface area (Å²) in [6.07, 6.45) is 0. The number of carbonyl (C=O) groups excluding carboxylic acids is 1. The SMILES string of the molecule is CC.COC(=O)c1nc(Cl)ccc1Cl. The summed E-state index contributed by atoms with van der Waals surface area (Å²) < 4.78 is 4.43. The molecule has 0 aliphatic rings. The Bertz CT molecular complexity index is 316. The normalized spacial score (nSPS) is 8.64. The smallest absolute Gasteiger partial charge is 0.358 e. The molecular formula is C9H11Cl2NO2. The molecule has 0 fully saturated rings. The molecular weight excluding hydrogens is 225 g/mol. The van der Waals surface area contributed by atoms with Crippen LogP contribution in [0.5, 0.6) is 0 Å². The Morgan fingerprint density at radius 2 is 1.93 bits per heavy atom. The lowest BCUT2D eigenvalue weighted by Gasteiger charge is -2.00. The monoisotopic (exact) mass is 235 g/mol. The van der Waals surface area contributed by atoms with Gasteiger partial charge < -0.3 is 4.74 Å². The number of methoxy groups -OCH3 is 1. The quantitative estimate of drug-likeness (QED) is 0.555. The minimum absolute atomic E-state index is 0.0340. The highest BCUT2D eigenvalue weighted by Crippen LogP contribution is 2.17. The lowest BCUT2D eigenvalue weighted by molar-refractivity contribution is 0.0594.